The van der Waals surface area contributed by atoms with E-state index in [1.54, 1.807) is 13.0 Å². The monoisotopic (exact) mass is 418 g/mol. The predicted octanol–water partition coefficient (Wildman–Crippen LogP) is 3.20. The molecule has 0 saturated heterocycles. The van der Waals surface area contributed by atoms with E-state index in [2.05, 4.69) is 5.32 Å². The van der Waals surface area contributed by atoms with Gasteiger partial charge in [-0.2, -0.15) is 0 Å². The minimum atomic E-state index is -0.751. The van der Waals surface area contributed by atoms with Gasteiger partial charge in [-0.05, 0) is 44.2 Å². The van der Waals surface area contributed by atoms with Crippen molar-refractivity contribution in [3.63, 3.8) is 0 Å². The number of nitro benzene ring substituents is 1. The molecule has 0 aliphatic carbocycles. The van der Waals surface area contributed by atoms with Crippen molar-refractivity contribution in [2.75, 3.05) is 32.2 Å². The Bertz CT molecular complexity index is 929. The molecule has 0 atom stereocenters. The van der Waals surface area contributed by atoms with Crippen molar-refractivity contribution in [2.45, 2.75) is 13.8 Å². The first-order chi connectivity index (χ1) is 14.4. The van der Waals surface area contributed by atoms with Crippen molar-refractivity contribution in [2.24, 2.45) is 0 Å². The van der Waals surface area contributed by atoms with Gasteiger partial charge < -0.3 is 24.3 Å². The molecule has 0 saturated carbocycles. The van der Waals surface area contributed by atoms with E-state index in [1.165, 1.54) is 37.4 Å². The normalized spacial score (nSPS) is 10.1. The molecule has 30 heavy (non-hydrogen) atoms. The van der Waals surface area contributed by atoms with Crippen LogP contribution in [0, 0.1) is 10.1 Å². The molecule has 0 aliphatic heterocycles. The van der Waals surface area contributed by atoms with Crippen LogP contribution >= 0.6 is 0 Å². The number of nitrogens with one attached hydrogen (secondary N) is 1. The van der Waals surface area contributed by atoms with Crippen LogP contribution in [0.1, 0.15) is 24.2 Å². The number of anilines is 1. The summed E-state index contributed by atoms with van der Waals surface area (Å²) >= 11 is 0. The van der Waals surface area contributed by atoms with Gasteiger partial charge in [0.05, 0.1) is 36.9 Å². The van der Waals surface area contributed by atoms with Crippen molar-refractivity contribution >= 4 is 23.3 Å². The third-order valence-corrected chi connectivity index (χ3v) is 3.79. The van der Waals surface area contributed by atoms with Gasteiger partial charge >= 0.3 is 5.97 Å². The molecular formula is C20H22N2O8. The lowest BCUT2D eigenvalue weighted by molar-refractivity contribution is -0.384. The average molecular weight is 418 g/mol. The number of benzene rings is 2. The number of hydrogen-bond acceptors (Lipinski definition) is 8. The Morgan fingerprint density at radius 1 is 1.03 bits per heavy atom. The van der Waals surface area contributed by atoms with Crippen LogP contribution in [-0.2, 0) is 9.53 Å². The van der Waals surface area contributed by atoms with Crippen LogP contribution in [0.5, 0.6) is 17.2 Å². The highest BCUT2D eigenvalue weighted by atomic mass is 16.6. The third-order valence-electron chi connectivity index (χ3n) is 3.79. The Hall–Kier alpha value is -3.82. The Morgan fingerprint density at radius 3 is 2.37 bits per heavy atom. The first-order valence-corrected chi connectivity index (χ1v) is 9.08. The molecule has 0 heterocycles. The van der Waals surface area contributed by atoms with Crippen LogP contribution in [0.15, 0.2) is 36.4 Å². The number of methoxy groups -OCH3 is 1. The van der Waals surface area contributed by atoms with Gasteiger partial charge in [-0.25, -0.2) is 4.79 Å². The lowest BCUT2D eigenvalue weighted by atomic mass is 10.2. The second kappa shape index (κ2) is 10.6. The molecule has 0 radical (unpaired) electrons. The maximum Gasteiger partial charge on any atom is 0.338 e. The second-order valence-electron chi connectivity index (χ2n) is 5.79. The van der Waals surface area contributed by atoms with Gasteiger partial charge in [-0.1, -0.05) is 0 Å². The van der Waals surface area contributed by atoms with Crippen molar-refractivity contribution in [3.8, 4) is 17.2 Å². The summed E-state index contributed by atoms with van der Waals surface area (Å²) in [4.78, 5) is 34.9. The van der Waals surface area contributed by atoms with E-state index in [4.69, 9.17) is 18.9 Å². The van der Waals surface area contributed by atoms with Crippen LogP contribution in [0.4, 0.5) is 11.4 Å². The third kappa shape index (κ3) is 5.84. The molecule has 2 rings (SSSR count). The highest BCUT2D eigenvalue weighted by Crippen LogP contribution is 2.30. The van der Waals surface area contributed by atoms with E-state index >= 15 is 0 Å². The van der Waals surface area contributed by atoms with Crippen molar-refractivity contribution < 1.29 is 33.5 Å². The quantitative estimate of drug-likeness (QED) is 0.354. The minimum Gasteiger partial charge on any atom is -0.496 e. The van der Waals surface area contributed by atoms with Gasteiger partial charge in [-0.15, -0.1) is 0 Å². The first-order valence-electron chi connectivity index (χ1n) is 9.08. The molecule has 1 amide bonds. The van der Waals surface area contributed by atoms with Crippen LogP contribution in [0.2, 0.25) is 0 Å². The number of carbonyl (C=O) groups is 2. The summed E-state index contributed by atoms with van der Waals surface area (Å²) in [5.41, 5.74) is -0.214. The molecule has 10 heteroatoms. The van der Waals surface area contributed by atoms with E-state index in [-0.39, 0.29) is 22.7 Å². The van der Waals surface area contributed by atoms with E-state index in [0.29, 0.717) is 24.7 Å². The fraction of sp³-hybridized carbons (Fsp3) is 0.300. The maximum absolute atomic E-state index is 12.3. The SMILES string of the molecule is CCOc1ccc(C(=O)OCC(=O)Nc2ccc(OC)cc2[N+](=O)[O-])cc1OCC. The second-order valence-corrected chi connectivity index (χ2v) is 5.79. The van der Waals surface area contributed by atoms with E-state index < -0.39 is 23.4 Å². The number of carbonyl (C=O) groups excluding carboxylic acids is 2. The molecule has 0 aromatic heterocycles. The molecule has 0 fully saturated rings. The summed E-state index contributed by atoms with van der Waals surface area (Å²) in [5.74, 6) is -0.342. The summed E-state index contributed by atoms with van der Waals surface area (Å²) in [6, 6.07) is 8.50. The van der Waals surface area contributed by atoms with Crippen LogP contribution in [0.25, 0.3) is 0 Å². The molecule has 1 N–H and O–H groups in total. The molecular weight excluding hydrogens is 396 g/mol. The summed E-state index contributed by atoms with van der Waals surface area (Å²) in [6.07, 6.45) is 0. The number of hydrogen-bond donors (Lipinski definition) is 1. The molecule has 2 aromatic rings. The van der Waals surface area contributed by atoms with Gasteiger partial charge in [0, 0.05) is 0 Å². The molecule has 0 unspecified atom stereocenters. The topological polar surface area (TPSA) is 126 Å². The highest BCUT2D eigenvalue weighted by molar-refractivity contribution is 5.97. The van der Waals surface area contributed by atoms with Gasteiger partial charge in [0.1, 0.15) is 11.4 Å². The number of esters is 1. The molecule has 2 aromatic carbocycles. The fourth-order valence-corrected chi connectivity index (χ4v) is 2.47. The lowest BCUT2D eigenvalue weighted by Crippen LogP contribution is -2.21. The largest absolute Gasteiger partial charge is 0.496 e. The van der Waals surface area contributed by atoms with E-state index in [0.717, 1.165) is 0 Å². The van der Waals surface area contributed by atoms with Crippen molar-refractivity contribution in [1.82, 2.24) is 0 Å². The predicted molar refractivity (Wildman–Crippen MR) is 107 cm³/mol. The Kier molecular flexibility index (Phi) is 7.98. The standard InChI is InChI=1S/C20H22N2O8/c1-4-28-17-9-6-13(10-18(17)29-5-2)20(24)30-12-19(23)21-15-8-7-14(27-3)11-16(15)22(25)26/h6-11H,4-5,12H2,1-3H3,(H,21,23). The number of rotatable bonds is 10. The molecule has 0 spiro atoms. The smallest absolute Gasteiger partial charge is 0.338 e. The number of nitrogens with zero attached hydrogens (tertiary/aromatic N) is 1. The fourth-order valence-electron chi connectivity index (χ4n) is 2.47. The van der Waals surface area contributed by atoms with E-state index in [9.17, 15) is 19.7 Å². The van der Waals surface area contributed by atoms with Crippen molar-refractivity contribution in [3.05, 3.63) is 52.1 Å². The zero-order chi connectivity index (χ0) is 22.1. The van der Waals surface area contributed by atoms with Crippen LogP contribution in [-0.4, -0.2) is 43.7 Å². The van der Waals surface area contributed by atoms with Crippen LogP contribution in [0.3, 0.4) is 0 Å². The van der Waals surface area contributed by atoms with Gasteiger partial charge in [-0.3, -0.25) is 14.9 Å². The summed E-state index contributed by atoms with van der Waals surface area (Å²) in [6.45, 7) is 3.80. The highest BCUT2D eigenvalue weighted by Gasteiger charge is 2.19. The Balaban J connectivity index is 2.04. The summed E-state index contributed by atoms with van der Waals surface area (Å²) in [5, 5.41) is 13.5. The van der Waals surface area contributed by atoms with Crippen molar-refractivity contribution in [1.29, 1.82) is 0 Å². The molecule has 10 nitrogen and oxygen atoms in total. The number of amides is 1. The van der Waals surface area contributed by atoms with Crippen LogP contribution < -0.4 is 19.5 Å². The zero-order valence-corrected chi connectivity index (χ0v) is 16.8. The summed E-state index contributed by atoms with van der Waals surface area (Å²) in [7, 11) is 1.37. The molecule has 160 valence electrons. The summed E-state index contributed by atoms with van der Waals surface area (Å²) < 4.78 is 20.8. The van der Waals surface area contributed by atoms with Gasteiger partial charge in [0.15, 0.2) is 18.1 Å². The zero-order valence-electron chi connectivity index (χ0n) is 16.8. The Morgan fingerprint density at radius 2 is 1.73 bits per heavy atom. The lowest BCUT2D eigenvalue weighted by Gasteiger charge is -2.12. The molecule has 0 aliphatic rings. The Labute approximate surface area is 172 Å². The maximum atomic E-state index is 12.3. The molecule has 0 bridgehead atoms. The van der Waals surface area contributed by atoms with Gasteiger partial charge in [0.25, 0.3) is 11.6 Å². The first kappa shape index (κ1) is 22.5. The number of nitro groups is 1. The number of ether oxygens (including phenoxy) is 4. The van der Waals surface area contributed by atoms with Gasteiger partial charge in [0.2, 0.25) is 0 Å². The minimum absolute atomic E-state index is 0.0402. The van der Waals surface area contributed by atoms with E-state index in [1.807, 2.05) is 6.92 Å². The average Bonchev–Trinajstić information content (AvgIpc) is 2.73.